The van der Waals surface area contributed by atoms with Crippen molar-refractivity contribution in [3.63, 3.8) is 0 Å². The molecule has 0 amide bonds. The average molecular weight is 252 g/mol. The fraction of sp³-hybridized carbons (Fsp3) is 0.571. The summed E-state index contributed by atoms with van der Waals surface area (Å²) in [5, 5.41) is 10.3. The molecule has 0 spiro atoms. The summed E-state index contributed by atoms with van der Waals surface area (Å²) in [5.74, 6) is 0. The standard InChI is InChI=1S/C14H20O2S/c1-16-10-11-6-8-12(9-7-11)17-14-5-3-2-4-13(14)15/h6-9,13-15H,2-5,10H2,1H3/t13-,14+/m0/s1. The molecule has 1 aliphatic carbocycles. The molecule has 0 radical (unpaired) electrons. The van der Waals surface area contributed by atoms with Crippen LogP contribution in [0.2, 0.25) is 0 Å². The van der Waals surface area contributed by atoms with E-state index in [1.165, 1.54) is 23.3 Å². The minimum atomic E-state index is -0.132. The quantitative estimate of drug-likeness (QED) is 0.892. The van der Waals surface area contributed by atoms with Crippen LogP contribution in [-0.2, 0) is 11.3 Å². The van der Waals surface area contributed by atoms with E-state index in [4.69, 9.17) is 4.74 Å². The smallest absolute Gasteiger partial charge is 0.0713 e. The molecule has 0 saturated heterocycles. The predicted octanol–water partition coefficient (Wildman–Crippen LogP) is 3.23. The molecular formula is C14H20O2S. The van der Waals surface area contributed by atoms with E-state index in [1.54, 1.807) is 7.11 Å². The van der Waals surface area contributed by atoms with E-state index in [1.807, 2.05) is 11.8 Å². The van der Waals surface area contributed by atoms with Crippen LogP contribution in [0.25, 0.3) is 0 Å². The Morgan fingerprint density at radius 3 is 2.59 bits per heavy atom. The number of aliphatic hydroxyl groups excluding tert-OH is 1. The van der Waals surface area contributed by atoms with Crippen molar-refractivity contribution in [2.24, 2.45) is 0 Å². The summed E-state index contributed by atoms with van der Waals surface area (Å²) >= 11 is 1.81. The number of methoxy groups -OCH3 is 1. The fourth-order valence-electron chi connectivity index (χ4n) is 2.22. The Balaban J connectivity index is 1.93. The molecular weight excluding hydrogens is 232 g/mol. The lowest BCUT2D eigenvalue weighted by molar-refractivity contribution is 0.137. The summed E-state index contributed by atoms with van der Waals surface area (Å²) in [5.41, 5.74) is 1.20. The van der Waals surface area contributed by atoms with Gasteiger partial charge in [-0.1, -0.05) is 25.0 Å². The number of aliphatic hydroxyl groups is 1. The first-order valence-corrected chi connectivity index (χ1v) is 7.10. The van der Waals surface area contributed by atoms with Gasteiger partial charge in [-0.05, 0) is 30.5 Å². The van der Waals surface area contributed by atoms with Gasteiger partial charge in [-0.15, -0.1) is 11.8 Å². The van der Waals surface area contributed by atoms with Crippen molar-refractivity contribution in [2.45, 2.75) is 48.5 Å². The summed E-state index contributed by atoms with van der Waals surface area (Å²) in [6.07, 6.45) is 4.37. The fourth-order valence-corrected chi connectivity index (χ4v) is 3.44. The van der Waals surface area contributed by atoms with Crippen molar-refractivity contribution in [3.8, 4) is 0 Å². The highest BCUT2D eigenvalue weighted by Gasteiger charge is 2.23. The molecule has 0 aliphatic heterocycles. The van der Waals surface area contributed by atoms with Gasteiger partial charge in [0, 0.05) is 17.3 Å². The van der Waals surface area contributed by atoms with Crippen molar-refractivity contribution in [2.75, 3.05) is 7.11 Å². The highest BCUT2D eigenvalue weighted by atomic mass is 32.2. The van der Waals surface area contributed by atoms with E-state index in [-0.39, 0.29) is 6.10 Å². The normalized spacial score (nSPS) is 24.8. The Morgan fingerprint density at radius 1 is 1.24 bits per heavy atom. The number of rotatable bonds is 4. The van der Waals surface area contributed by atoms with E-state index in [0.29, 0.717) is 11.9 Å². The van der Waals surface area contributed by atoms with Crippen molar-refractivity contribution in [1.29, 1.82) is 0 Å². The second-order valence-electron chi connectivity index (χ2n) is 4.59. The highest BCUT2D eigenvalue weighted by Crippen LogP contribution is 2.33. The van der Waals surface area contributed by atoms with Crippen molar-refractivity contribution < 1.29 is 9.84 Å². The molecule has 0 bridgehead atoms. The summed E-state index contributed by atoms with van der Waals surface area (Å²) in [7, 11) is 1.71. The summed E-state index contributed by atoms with van der Waals surface area (Å²) in [6.45, 7) is 0.664. The van der Waals surface area contributed by atoms with Gasteiger partial charge in [0.1, 0.15) is 0 Å². The molecule has 0 unspecified atom stereocenters. The van der Waals surface area contributed by atoms with Crippen LogP contribution < -0.4 is 0 Å². The van der Waals surface area contributed by atoms with Crippen LogP contribution in [0, 0.1) is 0 Å². The van der Waals surface area contributed by atoms with Gasteiger partial charge in [0.25, 0.3) is 0 Å². The topological polar surface area (TPSA) is 29.5 Å². The third kappa shape index (κ3) is 3.73. The second kappa shape index (κ2) is 6.43. The number of hydrogen-bond acceptors (Lipinski definition) is 3. The molecule has 1 aromatic rings. The maximum absolute atomic E-state index is 9.93. The van der Waals surface area contributed by atoms with Crippen molar-refractivity contribution in [1.82, 2.24) is 0 Å². The molecule has 3 heteroatoms. The van der Waals surface area contributed by atoms with E-state index < -0.39 is 0 Å². The van der Waals surface area contributed by atoms with Crippen LogP contribution >= 0.6 is 11.8 Å². The lowest BCUT2D eigenvalue weighted by Gasteiger charge is -2.26. The lowest BCUT2D eigenvalue weighted by Crippen LogP contribution is -2.26. The van der Waals surface area contributed by atoms with Gasteiger partial charge in [0.2, 0.25) is 0 Å². The van der Waals surface area contributed by atoms with Gasteiger partial charge in [-0.3, -0.25) is 0 Å². The number of ether oxygens (including phenoxy) is 1. The van der Waals surface area contributed by atoms with Crippen LogP contribution in [0.1, 0.15) is 31.2 Å². The zero-order valence-electron chi connectivity index (χ0n) is 10.3. The van der Waals surface area contributed by atoms with Crippen molar-refractivity contribution in [3.05, 3.63) is 29.8 Å². The molecule has 2 rings (SSSR count). The Bertz CT molecular complexity index is 337. The monoisotopic (exact) mass is 252 g/mol. The SMILES string of the molecule is COCc1ccc(S[C@@H]2CCCC[C@@H]2O)cc1. The largest absolute Gasteiger partial charge is 0.392 e. The highest BCUT2D eigenvalue weighted by molar-refractivity contribution is 8.00. The van der Waals surface area contributed by atoms with Crippen LogP contribution in [-0.4, -0.2) is 23.6 Å². The number of benzene rings is 1. The zero-order chi connectivity index (χ0) is 12.1. The Labute approximate surface area is 107 Å². The van der Waals surface area contributed by atoms with Gasteiger partial charge >= 0.3 is 0 Å². The van der Waals surface area contributed by atoms with Gasteiger partial charge < -0.3 is 9.84 Å². The molecule has 1 aromatic carbocycles. The summed E-state index contributed by atoms with van der Waals surface area (Å²) in [6, 6.07) is 8.45. The molecule has 17 heavy (non-hydrogen) atoms. The van der Waals surface area contributed by atoms with E-state index in [0.717, 1.165) is 12.8 Å². The number of hydrogen-bond donors (Lipinski definition) is 1. The van der Waals surface area contributed by atoms with Gasteiger partial charge in [0.05, 0.1) is 12.7 Å². The zero-order valence-corrected chi connectivity index (χ0v) is 11.1. The van der Waals surface area contributed by atoms with Gasteiger partial charge in [-0.25, -0.2) is 0 Å². The second-order valence-corrected chi connectivity index (χ2v) is 5.90. The maximum Gasteiger partial charge on any atom is 0.0713 e. The van der Waals surface area contributed by atoms with Crippen LogP contribution in [0.3, 0.4) is 0 Å². The molecule has 1 aliphatic rings. The molecule has 1 fully saturated rings. The third-order valence-electron chi connectivity index (χ3n) is 3.19. The number of thioether (sulfide) groups is 1. The third-order valence-corrected chi connectivity index (χ3v) is 4.59. The molecule has 94 valence electrons. The molecule has 0 aromatic heterocycles. The minimum Gasteiger partial charge on any atom is -0.392 e. The van der Waals surface area contributed by atoms with Crippen LogP contribution in [0.4, 0.5) is 0 Å². The first kappa shape index (κ1) is 12.9. The van der Waals surface area contributed by atoms with E-state index in [2.05, 4.69) is 24.3 Å². The Morgan fingerprint density at radius 2 is 1.94 bits per heavy atom. The van der Waals surface area contributed by atoms with Crippen LogP contribution in [0.15, 0.2) is 29.2 Å². The Hall–Kier alpha value is -0.510. The first-order valence-electron chi connectivity index (χ1n) is 6.22. The van der Waals surface area contributed by atoms with Crippen molar-refractivity contribution >= 4 is 11.8 Å². The predicted molar refractivity (Wildman–Crippen MR) is 71.3 cm³/mol. The first-order chi connectivity index (χ1) is 8.29. The summed E-state index contributed by atoms with van der Waals surface area (Å²) < 4.78 is 5.09. The van der Waals surface area contributed by atoms with E-state index >= 15 is 0 Å². The van der Waals surface area contributed by atoms with E-state index in [9.17, 15) is 5.11 Å². The maximum atomic E-state index is 9.93. The molecule has 2 nitrogen and oxygen atoms in total. The summed E-state index contributed by atoms with van der Waals surface area (Å²) in [4.78, 5) is 1.25. The van der Waals surface area contributed by atoms with Gasteiger partial charge in [-0.2, -0.15) is 0 Å². The molecule has 1 N–H and O–H groups in total. The molecule has 1 saturated carbocycles. The van der Waals surface area contributed by atoms with Gasteiger partial charge in [0.15, 0.2) is 0 Å². The molecule has 0 heterocycles. The van der Waals surface area contributed by atoms with Crippen LogP contribution in [0.5, 0.6) is 0 Å². The average Bonchev–Trinajstić information content (AvgIpc) is 2.35. The minimum absolute atomic E-state index is 0.132. The lowest BCUT2D eigenvalue weighted by atomic mass is 9.97. The molecule has 2 atom stereocenters. The Kier molecular flexibility index (Phi) is 4.89.